The average Bonchev–Trinajstić information content (AvgIpc) is 3.36. The van der Waals surface area contributed by atoms with E-state index < -0.39 is 5.92 Å². The monoisotopic (exact) mass is 417 g/mol. The van der Waals surface area contributed by atoms with E-state index in [1.807, 2.05) is 54.6 Å². The van der Waals surface area contributed by atoms with Gasteiger partial charge in [0.15, 0.2) is 0 Å². The van der Waals surface area contributed by atoms with Gasteiger partial charge in [-0.25, -0.2) is 4.98 Å². The number of thiazole rings is 1. The van der Waals surface area contributed by atoms with Crippen LogP contribution in [0.5, 0.6) is 0 Å². The molecule has 0 bridgehead atoms. The zero-order valence-electron chi connectivity index (χ0n) is 16.6. The number of rotatable bonds is 5. The van der Waals surface area contributed by atoms with Crippen molar-refractivity contribution in [3.63, 3.8) is 0 Å². The minimum atomic E-state index is -0.485. The molecule has 2 aromatic carbocycles. The van der Waals surface area contributed by atoms with Crippen molar-refractivity contribution in [2.45, 2.75) is 12.8 Å². The van der Waals surface area contributed by atoms with Crippen LogP contribution in [0, 0.1) is 11.8 Å². The molecule has 7 heteroatoms. The highest BCUT2D eigenvalue weighted by molar-refractivity contribution is 7.22. The number of benzene rings is 2. The van der Waals surface area contributed by atoms with E-state index in [1.54, 1.807) is 6.21 Å². The smallest absolute Gasteiger partial charge is 0.264 e. The summed E-state index contributed by atoms with van der Waals surface area (Å²) in [7, 11) is 0. The quantitative estimate of drug-likeness (QED) is 0.643. The summed E-state index contributed by atoms with van der Waals surface area (Å²) in [5.74, 6) is -0.000387. The minimum absolute atomic E-state index is 0.0954. The molecule has 5 rings (SSSR count). The third-order valence-corrected chi connectivity index (χ3v) is 6.60. The van der Waals surface area contributed by atoms with E-state index in [9.17, 15) is 4.79 Å². The van der Waals surface area contributed by atoms with Crippen molar-refractivity contribution in [1.82, 2.24) is 10.3 Å². The van der Waals surface area contributed by atoms with Gasteiger partial charge in [-0.2, -0.15) is 10.1 Å². The molecule has 1 amide bonds. The highest BCUT2D eigenvalue weighted by atomic mass is 32.1. The average molecular weight is 418 g/mol. The first-order valence-corrected chi connectivity index (χ1v) is 11.2. The molecular formula is C23H23N5OS. The standard InChI is InChI=1S/C23H23N5OS/c29-22-18(15-25-14-16-10-12-24-13-11-16)21(17-6-2-1-3-7-17)27-28(22)23-26-19-8-4-5-9-20(19)30-23/h1-9,15-16,18,24H,10-14H2/t18-/m1/s1. The molecule has 1 saturated heterocycles. The highest BCUT2D eigenvalue weighted by Crippen LogP contribution is 2.33. The van der Waals surface area contributed by atoms with E-state index in [4.69, 9.17) is 5.10 Å². The van der Waals surface area contributed by atoms with E-state index in [2.05, 4.69) is 15.3 Å². The molecule has 30 heavy (non-hydrogen) atoms. The number of carbonyl (C=O) groups excluding carboxylic acids is 1. The number of amides is 1. The van der Waals surface area contributed by atoms with Crippen molar-refractivity contribution in [3.05, 3.63) is 60.2 Å². The number of anilines is 1. The Bertz CT molecular complexity index is 1070. The van der Waals surface area contributed by atoms with Gasteiger partial charge in [-0.05, 0) is 49.5 Å². The second kappa shape index (κ2) is 8.45. The number of hydrazone groups is 1. The Labute approximate surface area is 179 Å². The Kier molecular flexibility index (Phi) is 5.38. The third kappa shape index (κ3) is 3.78. The van der Waals surface area contributed by atoms with Crippen molar-refractivity contribution in [2.75, 3.05) is 24.6 Å². The Morgan fingerprint density at radius 2 is 1.87 bits per heavy atom. The number of carbonyl (C=O) groups is 1. The fraction of sp³-hybridized carbons (Fsp3) is 0.304. The maximum Gasteiger partial charge on any atom is 0.264 e. The molecule has 0 aliphatic carbocycles. The molecule has 1 N–H and O–H groups in total. The van der Waals surface area contributed by atoms with Crippen LogP contribution in [0.4, 0.5) is 5.13 Å². The summed E-state index contributed by atoms with van der Waals surface area (Å²) in [5, 5.41) is 10.1. The Morgan fingerprint density at radius 1 is 1.10 bits per heavy atom. The molecule has 6 nitrogen and oxygen atoms in total. The highest BCUT2D eigenvalue weighted by Gasteiger charge is 2.37. The van der Waals surface area contributed by atoms with Crippen molar-refractivity contribution in [1.29, 1.82) is 0 Å². The summed E-state index contributed by atoms with van der Waals surface area (Å²) in [6.45, 7) is 2.85. The predicted molar refractivity (Wildman–Crippen MR) is 123 cm³/mol. The zero-order chi connectivity index (χ0) is 20.3. The van der Waals surface area contributed by atoms with Gasteiger partial charge in [-0.15, -0.1) is 0 Å². The summed E-state index contributed by atoms with van der Waals surface area (Å²) < 4.78 is 1.04. The topological polar surface area (TPSA) is 70.0 Å². The summed E-state index contributed by atoms with van der Waals surface area (Å²) in [6, 6.07) is 17.8. The van der Waals surface area contributed by atoms with E-state index in [0.717, 1.165) is 54.0 Å². The molecular weight excluding hydrogens is 394 g/mol. The van der Waals surface area contributed by atoms with E-state index in [-0.39, 0.29) is 5.91 Å². The first-order chi connectivity index (χ1) is 14.8. The molecule has 1 fully saturated rings. The Balaban J connectivity index is 1.44. The number of piperidine rings is 1. The van der Waals surface area contributed by atoms with Gasteiger partial charge in [-0.1, -0.05) is 53.8 Å². The maximum atomic E-state index is 13.3. The normalized spacial score (nSPS) is 20.4. The Hall–Kier alpha value is -2.90. The first-order valence-electron chi connectivity index (χ1n) is 10.3. The molecule has 152 valence electrons. The molecule has 0 unspecified atom stereocenters. The van der Waals surface area contributed by atoms with Crippen LogP contribution in [0.15, 0.2) is 64.7 Å². The lowest BCUT2D eigenvalue weighted by atomic mass is 9.97. The third-order valence-electron chi connectivity index (χ3n) is 5.59. The van der Waals surface area contributed by atoms with Crippen LogP contribution in [-0.2, 0) is 4.79 Å². The zero-order valence-corrected chi connectivity index (χ0v) is 17.4. The van der Waals surface area contributed by atoms with Gasteiger partial charge in [-0.3, -0.25) is 9.79 Å². The summed E-state index contributed by atoms with van der Waals surface area (Å²) in [5.41, 5.74) is 2.55. The maximum absolute atomic E-state index is 13.3. The van der Waals surface area contributed by atoms with E-state index in [0.29, 0.717) is 11.0 Å². The van der Waals surface area contributed by atoms with Crippen molar-refractivity contribution in [3.8, 4) is 0 Å². The second-order valence-electron chi connectivity index (χ2n) is 7.65. The summed E-state index contributed by atoms with van der Waals surface area (Å²) >= 11 is 1.48. The molecule has 1 aromatic heterocycles. The van der Waals surface area contributed by atoms with E-state index >= 15 is 0 Å². The van der Waals surface area contributed by atoms with Gasteiger partial charge in [0.25, 0.3) is 5.91 Å². The first kappa shape index (κ1) is 19.1. The van der Waals surface area contributed by atoms with Crippen LogP contribution in [0.2, 0.25) is 0 Å². The lowest BCUT2D eigenvalue weighted by Gasteiger charge is -2.20. The Morgan fingerprint density at radius 3 is 2.67 bits per heavy atom. The van der Waals surface area contributed by atoms with Crippen LogP contribution in [0.1, 0.15) is 18.4 Å². The van der Waals surface area contributed by atoms with Gasteiger partial charge in [0.05, 0.1) is 15.9 Å². The molecule has 2 aliphatic heterocycles. The fourth-order valence-electron chi connectivity index (χ4n) is 3.92. The molecule has 1 atom stereocenters. The van der Waals surface area contributed by atoms with Gasteiger partial charge >= 0.3 is 0 Å². The number of hydrogen-bond acceptors (Lipinski definition) is 6. The number of hydrogen-bond donors (Lipinski definition) is 1. The van der Waals surface area contributed by atoms with Crippen molar-refractivity contribution in [2.24, 2.45) is 21.9 Å². The molecule has 3 heterocycles. The van der Waals surface area contributed by atoms with Crippen molar-refractivity contribution < 1.29 is 4.79 Å². The molecule has 0 saturated carbocycles. The van der Waals surface area contributed by atoms with Crippen LogP contribution < -0.4 is 10.3 Å². The molecule has 2 aliphatic rings. The van der Waals surface area contributed by atoms with Crippen molar-refractivity contribution >= 4 is 44.5 Å². The lowest BCUT2D eigenvalue weighted by molar-refractivity contribution is -0.118. The fourth-order valence-corrected chi connectivity index (χ4v) is 4.84. The van der Waals surface area contributed by atoms with Gasteiger partial charge < -0.3 is 5.32 Å². The SMILES string of the molecule is O=C1[C@H](C=NCC2CCNCC2)C(c2ccccc2)=NN1c1nc2ccccc2s1. The van der Waals surface area contributed by atoms with Gasteiger partial charge in [0, 0.05) is 12.8 Å². The van der Waals surface area contributed by atoms with Gasteiger partial charge in [0.1, 0.15) is 5.92 Å². The molecule has 3 aromatic rings. The predicted octanol–water partition coefficient (Wildman–Crippen LogP) is 3.73. The second-order valence-corrected chi connectivity index (χ2v) is 8.66. The number of aliphatic imine (C=N–C) groups is 1. The molecule has 0 radical (unpaired) electrons. The number of para-hydroxylation sites is 1. The largest absolute Gasteiger partial charge is 0.317 e. The summed E-state index contributed by atoms with van der Waals surface area (Å²) in [6.07, 6.45) is 4.06. The van der Waals surface area contributed by atoms with Crippen LogP contribution >= 0.6 is 11.3 Å². The number of fused-ring (bicyclic) bond motifs is 1. The number of nitrogens with zero attached hydrogens (tertiary/aromatic N) is 4. The summed E-state index contributed by atoms with van der Waals surface area (Å²) in [4.78, 5) is 22.6. The van der Waals surface area contributed by atoms with Crippen LogP contribution in [0.3, 0.4) is 0 Å². The van der Waals surface area contributed by atoms with Crippen LogP contribution in [-0.4, -0.2) is 42.5 Å². The van der Waals surface area contributed by atoms with Gasteiger partial charge in [0.2, 0.25) is 5.13 Å². The van der Waals surface area contributed by atoms with Crippen LogP contribution in [0.25, 0.3) is 10.2 Å². The number of nitrogens with one attached hydrogen (secondary N) is 1. The lowest BCUT2D eigenvalue weighted by Crippen LogP contribution is -2.30. The minimum Gasteiger partial charge on any atom is -0.317 e. The molecule has 0 spiro atoms. The number of aromatic nitrogens is 1. The van der Waals surface area contributed by atoms with E-state index in [1.165, 1.54) is 16.3 Å².